The van der Waals surface area contributed by atoms with Crippen LogP contribution in [0, 0.1) is 0 Å². The molecule has 2 rings (SSSR count). The molecule has 1 aromatic rings. The summed E-state index contributed by atoms with van der Waals surface area (Å²) in [5, 5.41) is 1.47. The number of nitrogens with zero attached hydrogens (tertiary/aromatic N) is 2. The summed E-state index contributed by atoms with van der Waals surface area (Å²) in [5.41, 5.74) is 0. The Kier molecular flexibility index (Phi) is 3.82. The van der Waals surface area contributed by atoms with Gasteiger partial charge in [-0.15, -0.1) is 0 Å². The summed E-state index contributed by atoms with van der Waals surface area (Å²) in [6.07, 6.45) is 3.10. The number of anilines is 1. The van der Waals surface area contributed by atoms with Gasteiger partial charge in [0.15, 0.2) is 9.84 Å². The summed E-state index contributed by atoms with van der Waals surface area (Å²) < 4.78 is 23.5. The summed E-state index contributed by atoms with van der Waals surface area (Å²) in [6.45, 7) is 0. The molecule has 1 saturated heterocycles. The van der Waals surface area contributed by atoms with Crippen LogP contribution in [0.5, 0.6) is 0 Å². The Morgan fingerprint density at radius 3 is 2.89 bits per heavy atom. The molecule has 1 atom stereocenters. The van der Waals surface area contributed by atoms with Gasteiger partial charge in [0.05, 0.1) is 5.75 Å². The number of sulfone groups is 1. The second kappa shape index (κ2) is 5.19. The zero-order valence-electron chi connectivity index (χ0n) is 9.47. The molecule has 1 fully saturated rings. The highest BCUT2D eigenvalue weighted by Gasteiger charge is 2.34. The molecule has 0 aliphatic carbocycles. The Morgan fingerprint density at radius 2 is 2.22 bits per heavy atom. The van der Waals surface area contributed by atoms with Crippen LogP contribution in [-0.4, -0.2) is 35.3 Å². The van der Waals surface area contributed by atoms with E-state index in [9.17, 15) is 13.2 Å². The van der Waals surface area contributed by atoms with Crippen LogP contribution in [0.25, 0.3) is 0 Å². The van der Waals surface area contributed by atoms with Crippen molar-refractivity contribution >= 4 is 33.2 Å². The van der Waals surface area contributed by atoms with Crippen molar-refractivity contribution in [2.75, 3.05) is 11.1 Å². The fourth-order valence-corrected chi connectivity index (χ4v) is 3.81. The molecular formula is C10H12ClN3O3S. The van der Waals surface area contributed by atoms with Gasteiger partial charge in [-0.05, 0) is 30.5 Å². The minimum atomic E-state index is -3.34. The van der Waals surface area contributed by atoms with Gasteiger partial charge in [-0.1, -0.05) is 6.42 Å². The van der Waals surface area contributed by atoms with Crippen LogP contribution >= 0.6 is 11.6 Å². The topological polar surface area (TPSA) is 89.0 Å². The van der Waals surface area contributed by atoms with Gasteiger partial charge in [0.2, 0.25) is 11.2 Å². The number of amides is 1. The van der Waals surface area contributed by atoms with Gasteiger partial charge in [0, 0.05) is 6.20 Å². The lowest BCUT2D eigenvalue weighted by Gasteiger charge is -2.21. The highest BCUT2D eigenvalue weighted by Crippen LogP contribution is 2.20. The zero-order chi connectivity index (χ0) is 13.2. The standard InChI is InChI=1S/C10H12ClN3O3S/c11-10-12-5-4-8(14-10)13-9(15)7-3-1-2-6-18(7,16)17/h4-5,7H,1-3,6H2,(H,12,13,14,15). The van der Waals surface area contributed by atoms with E-state index in [1.54, 1.807) is 0 Å². The van der Waals surface area contributed by atoms with Crippen LogP contribution in [0.3, 0.4) is 0 Å². The fraction of sp³-hybridized carbons (Fsp3) is 0.500. The third-order valence-corrected chi connectivity index (χ3v) is 5.11. The number of hydrogen-bond donors (Lipinski definition) is 1. The Bertz CT molecular complexity index is 561. The number of hydrogen-bond acceptors (Lipinski definition) is 5. The third kappa shape index (κ3) is 2.97. The van der Waals surface area contributed by atoms with Crippen molar-refractivity contribution in [3.8, 4) is 0 Å². The molecule has 1 aromatic heterocycles. The van der Waals surface area contributed by atoms with E-state index < -0.39 is 21.0 Å². The number of aromatic nitrogens is 2. The Morgan fingerprint density at radius 1 is 1.44 bits per heavy atom. The van der Waals surface area contributed by atoms with Gasteiger partial charge >= 0.3 is 0 Å². The minimum Gasteiger partial charge on any atom is -0.309 e. The van der Waals surface area contributed by atoms with E-state index >= 15 is 0 Å². The van der Waals surface area contributed by atoms with Crippen molar-refractivity contribution < 1.29 is 13.2 Å². The van der Waals surface area contributed by atoms with Gasteiger partial charge < -0.3 is 5.32 Å². The Labute approximate surface area is 110 Å². The maximum Gasteiger partial charge on any atom is 0.243 e. The van der Waals surface area contributed by atoms with Gasteiger partial charge in [0.25, 0.3) is 0 Å². The van der Waals surface area contributed by atoms with Crippen LogP contribution in [0.1, 0.15) is 19.3 Å². The van der Waals surface area contributed by atoms with Crippen molar-refractivity contribution in [1.29, 1.82) is 0 Å². The lowest BCUT2D eigenvalue weighted by atomic mass is 10.2. The second-order valence-electron chi connectivity index (χ2n) is 4.05. The van der Waals surface area contributed by atoms with E-state index in [4.69, 9.17) is 11.6 Å². The van der Waals surface area contributed by atoms with E-state index in [1.807, 2.05) is 0 Å². The maximum atomic E-state index is 11.9. The van der Waals surface area contributed by atoms with Crippen molar-refractivity contribution in [3.63, 3.8) is 0 Å². The molecule has 1 aliphatic heterocycles. The first-order chi connectivity index (χ1) is 8.49. The molecule has 18 heavy (non-hydrogen) atoms. The molecular weight excluding hydrogens is 278 g/mol. The summed E-state index contributed by atoms with van der Waals surface area (Å²) in [4.78, 5) is 19.4. The molecule has 98 valence electrons. The summed E-state index contributed by atoms with van der Waals surface area (Å²) in [6, 6.07) is 1.46. The molecule has 0 saturated carbocycles. The Balaban J connectivity index is 2.12. The van der Waals surface area contributed by atoms with E-state index in [1.165, 1.54) is 12.3 Å². The van der Waals surface area contributed by atoms with E-state index in [-0.39, 0.29) is 16.9 Å². The molecule has 1 N–H and O–H groups in total. The van der Waals surface area contributed by atoms with Crippen LogP contribution < -0.4 is 5.32 Å². The number of nitrogens with one attached hydrogen (secondary N) is 1. The van der Waals surface area contributed by atoms with Gasteiger partial charge in [-0.2, -0.15) is 0 Å². The van der Waals surface area contributed by atoms with Crippen molar-refractivity contribution in [1.82, 2.24) is 9.97 Å². The molecule has 1 unspecified atom stereocenters. The predicted octanol–water partition coefficient (Wildman–Crippen LogP) is 1.04. The van der Waals surface area contributed by atoms with Gasteiger partial charge in [0.1, 0.15) is 11.1 Å². The first-order valence-corrected chi connectivity index (χ1v) is 7.59. The average molecular weight is 290 g/mol. The highest BCUT2D eigenvalue weighted by atomic mass is 35.5. The number of rotatable bonds is 2. The molecule has 6 nitrogen and oxygen atoms in total. The molecule has 0 spiro atoms. The molecule has 2 heterocycles. The van der Waals surface area contributed by atoms with Gasteiger partial charge in [-0.3, -0.25) is 4.79 Å². The van der Waals surface area contributed by atoms with E-state index in [2.05, 4.69) is 15.3 Å². The molecule has 0 bridgehead atoms. The largest absolute Gasteiger partial charge is 0.309 e. The number of carbonyl (C=O) groups excluding carboxylic acids is 1. The molecule has 1 aliphatic rings. The first kappa shape index (κ1) is 13.2. The lowest BCUT2D eigenvalue weighted by molar-refractivity contribution is -0.116. The zero-order valence-corrected chi connectivity index (χ0v) is 11.0. The molecule has 0 radical (unpaired) electrons. The average Bonchev–Trinajstić information content (AvgIpc) is 2.28. The van der Waals surface area contributed by atoms with Crippen molar-refractivity contribution in [3.05, 3.63) is 17.5 Å². The van der Waals surface area contributed by atoms with E-state index in [0.29, 0.717) is 12.8 Å². The molecule has 1 amide bonds. The summed E-state index contributed by atoms with van der Waals surface area (Å²) in [7, 11) is -3.34. The van der Waals surface area contributed by atoms with Crippen LogP contribution in [0.4, 0.5) is 5.82 Å². The van der Waals surface area contributed by atoms with E-state index in [0.717, 1.165) is 6.42 Å². The van der Waals surface area contributed by atoms with Crippen LogP contribution in [0.15, 0.2) is 12.3 Å². The quantitative estimate of drug-likeness (QED) is 0.822. The van der Waals surface area contributed by atoms with Crippen LogP contribution in [0.2, 0.25) is 5.28 Å². The maximum absolute atomic E-state index is 11.9. The second-order valence-corrected chi connectivity index (χ2v) is 6.69. The Hall–Kier alpha value is -1.21. The number of carbonyl (C=O) groups is 1. The first-order valence-electron chi connectivity index (χ1n) is 5.50. The number of halogens is 1. The molecule has 0 aromatic carbocycles. The van der Waals surface area contributed by atoms with Crippen LogP contribution in [-0.2, 0) is 14.6 Å². The predicted molar refractivity (Wildman–Crippen MR) is 67.1 cm³/mol. The summed E-state index contributed by atoms with van der Waals surface area (Å²) >= 11 is 5.58. The SMILES string of the molecule is O=C(Nc1ccnc(Cl)n1)C1CCCCS1(=O)=O. The van der Waals surface area contributed by atoms with Gasteiger partial charge in [-0.25, -0.2) is 18.4 Å². The monoisotopic (exact) mass is 289 g/mol. The molecule has 8 heteroatoms. The lowest BCUT2D eigenvalue weighted by Crippen LogP contribution is -2.39. The van der Waals surface area contributed by atoms with Crippen molar-refractivity contribution in [2.45, 2.75) is 24.5 Å². The summed E-state index contributed by atoms with van der Waals surface area (Å²) in [5.74, 6) is -0.277. The van der Waals surface area contributed by atoms with Crippen molar-refractivity contribution in [2.24, 2.45) is 0 Å². The minimum absolute atomic E-state index is 0.000647. The third-order valence-electron chi connectivity index (χ3n) is 2.75. The normalized spacial score (nSPS) is 22.4. The highest BCUT2D eigenvalue weighted by molar-refractivity contribution is 7.92. The smallest absolute Gasteiger partial charge is 0.243 e. The fourth-order valence-electron chi connectivity index (χ4n) is 1.86.